The summed E-state index contributed by atoms with van der Waals surface area (Å²) in [5, 5.41) is 6.07. The summed E-state index contributed by atoms with van der Waals surface area (Å²) in [5.41, 5.74) is 1.11. The Kier molecular flexibility index (Phi) is 5.37. The molecule has 5 nitrogen and oxygen atoms in total. The second-order valence-corrected chi connectivity index (χ2v) is 8.65. The Morgan fingerprint density at radius 1 is 1.07 bits per heavy atom. The third kappa shape index (κ3) is 3.97. The molecular formula is C22H31N3O2. The fourth-order valence-electron chi connectivity index (χ4n) is 5.87. The number of urea groups is 1. The average molecular weight is 370 g/mol. The van der Waals surface area contributed by atoms with Gasteiger partial charge in [0.2, 0.25) is 5.91 Å². The summed E-state index contributed by atoms with van der Waals surface area (Å²) in [6.07, 6.45) is 6.93. The van der Waals surface area contributed by atoms with Crippen molar-refractivity contribution in [2.24, 2.45) is 23.7 Å². The molecule has 3 aliphatic carbocycles. The van der Waals surface area contributed by atoms with Gasteiger partial charge >= 0.3 is 6.03 Å². The molecule has 0 spiro atoms. The molecule has 2 N–H and O–H groups in total. The second kappa shape index (κ2) is 7.91. The maximum atomic E-state index is 12.3. The number of fused-ring (bicyclic) bond motifs is 5. The molecule has 3 amide bonds. The van der Waals surface area contributed by atoms with Crippen LogP contribution in [0.15, 0.2) is 30.3 Å². The minimum Gasteiger partial charge on any atom is -0.341 e. The first-order valence-corrected chi connectivity index (χ1v) is 10.4. The van der Waals surface area contributed by atoms with Gasteiger partial charge in [-0.25, -0.2) is 4.79 Å². The number of hydrogen-bond donors (Lipinski definition) is 2. The van der Waals surface area contributed by atoms with Crippen LogP contribution in [0, 0.1) is 23.7 Å². The highest BCUT2D eigenvalue weighted by Gasteiger charge is 2.54. The van der Waals surface area contributed by atoms with Crippen molar-refractivity contribution in [3.63, 3.8) is 0 Å². The maximum absolute atomic E-state index is 12.3. The lowest BCUT2D eigenvalue weighted by Crippen LogP contribution is -2.47. The largest absolute Gasteiger partial charge is 0.341 e. The number of carbonyl (C=O) groups excluding carboxylic acids is 2. The summed E-state index contributed by atoms with van der Waals surface area (Å²) in [4.78, 5) is 26.2. The molecule has 3 aliphatic rings. The summed E-state index contributed by atoms with van der Waals surface area (Å²) >= 11 is 0. The van der Waals surface area contributed by atoms with Crippen LogP contribution in [0.1, 0.15) is 44.1 Å². The Morgan fingerprint density at radius 2 is 1.85 bits per heavy atom. The van der Waals surface area contributed by atoms with Crippen LogP contribution in [0.25, 0.3) is 0 Å². The minimum absolute atomic E-state index is 0.0490. The van der Waals surface area contributed by atoms with Crippen LogP contribution in [-0.2, 0) is 11.3 Å². The van der Waals surface area contributed by atoms with Crippen LogP contribution in [0.3, 0.4) is 0 Å². The van der Waals surface area contributed by atoms with Crippen molar-refractivity contribution in [2.45, 2.75) is 51.1 Å². The SMILES string of the molecule is CN(Cc1ccccc1)C(=O)CCNC(=O)NC1CC2CC1C1CCCC21. The third-order valence-electron chi connectivity index (χ3n) is 7.06. The minimum atomic E-state index is -0.111. The normalized spacial score (nSPS) is 30.8. The van der Waals surface area contributed by atoms with Crippen molar-refractivity contribution < 1.29 is 9.59 Å². The summed E-state index contributed by atoms with van der Waals surface area (Å²) < 4.78 is 0. The number of amides is 3. The summed E-state index contributed by atoms with van der Waals surface area (Å²) in [6, 6.07) is 10.2. The van der Waals surface area contributed by atoms with E-state index >= 15 is 0 Å². The zero-order valence-corrected chi connectivity index (χ0v) is 16.2. The standard InChI is InChI=1S/C22H31N3O2/c1-25(14-15-6-3-2-4-7-15)21(26)10-11-23-22(27)24-20-13-16-12-19(20)18-9-5-8-17(16)18/h2-4,6-7,16-20H,5,8-14H2,1H3,(H2,23,24,27). The molecule has 5 heteroatoms. The molecule has 0 radical (unpaired) electrons. The first-order chi connectivity index (χ1) is 13.1. The van der Waals surface area contributed by atoms with Crippen LogP contribution in [0.5, 0.6) is 0 Å². The number of nitrogens with zero attached hydrogens (tertiary/aromatic N) is 1. The number of nitrogens with one attached hydrogen (secondary N) is 2. The fourth-order valence-corrected chi connectivity index (χ4v) is 5.87. The molecule has 1 aromatic rings. The third-order valence-corrected chi connectivity index (χ3v) is 7.06. The topological polar surface area (TPSA) is 61.4 Å². The van der Waals surface area contributed by atoms with Gasteiger partial charge in [0, 0.05) is 32.6 Å². The highest BCUT2D eigenvalue weighted by atomic mass is 16.2. The Bertz CT molecular complexity index is 677. The Morgan fingerprint density at radius 3 is 2.67 bits per heavy atom. The molecule has 5 atom stereocenters. The van der Waals surface area contributed by atoms with Gasteiger partial charge in [-0.2, -0.15) is 0 Å². The molecule has 0 aromatic heterocycles. The molecule has 5 unspecified atom stereocenters. The first-order valence-electron chi connectivity index (χ1n) is 10.4. The molecule has 0 saturated heterocycles. The van der Waals surface area contributed by atoms with E-state index in [0.29, 0.717) is 31.5 Å². The molecule has 1 aromatic carbocycles. The fraction of sp³-hybridized carbons (Fsp3) is 0.636. The summed E-state index contributed by atoms with van der Waals surface area (Å²) in [5.74, 6) is 3.36. The van der Waals surface area contributed by atoms with E-state index in [1.807, 2.05) is 37.4 Å². The van der Waals surface area contributed by atoms with Crippen molar-refractivity contribution >= 4 is 11.9 Å². The van der Waals surface area contributed by atoms with E-state index in [2.05, 4.69) is 10.6 Å². The van der Waals surface area contributed by atoms with Crippen LogP contribution < -0.4 is 10.6 Å². The van der Waals surface area contributed by atoms with E-state index in [-0.39, 0.29) is 11.9 Å². The molecule has 0 aliphatic heterocycles. The van der Waals surface area contributed by atoms with Crippen molar-refractivity contribution in [1.82, 2.24) is 15.5 Å². The van der Waals surface area contributed by atoms with Crippen molar-refractivity contribution in [1.29, 1.82) is 0 Å². The Hall–Kier alpha value is -2.04. The molecule has 0 heterocycles. The molecule has 27 heavy (non-hydrogen) atoms. The lowest BCUT2D eigenvalue weighted by Gasteiger charge is -2.32. The number of rotatable bonds is 6. The highest BCUT2D eigenvalue weighted by Crippen LogP contribution is 2.58. The van der Waals surface area contributed by atoms with Crippen LogP contribution >= 0.6 is 0 Å². The van der Waals surface area contributed by atoms with Gasteiger partial charge in [-0.1, -0.05) is 36.8 Å². The van der Waals surface area contributed by atoms with Crippen molar-refractivity contribution in [3.8, 4) is 0 Å². The van der Waals surface area contributed by atoms with Gasteiger partial charge in [-0.15, -0.1) is 0 Å². The van der Waals surface area contributed by atoms with E-state index in [9.17, 15) is 9.59 Å². The molecule has 4 rings (SSSR count). The molecule has 3 saturated carbocycles. The zero-order valence-electron chi connectivity index (χ0n) is 16.2. The van der Waals surface area contributed by atoms with E-state index in [4.69, 9.17) is 0 Å². The summed E-state index contributed by atoms with van der Waals surface area (Å²) in [7, 11) is 1.81. The van der Waals surface area contributed by atoms with Crippen molar-refractivity contribution in [3.05, 3.63) is 35.9 Å². The lowest BCUT2D eigenvalue weighted by molar-refractivity contribution is -0.130. The van der Waals surface area contributed by atoms with Gasteiger partial charge in [-0.05, 0) is 54.9 Å². The van der Waals surface area contributed by atoms with Crippen molar-refractivity contribution in [2.75, 3.05) is 13.6 Å². The number of hydrogen-bond acceptors (Lipinski definition) is 2. The number of benzene rings is 1. The van der Waals surface area contributed by atoms with E-state index < -0.39 is 0 Å². The van der Waals surface area contributed by atoms with Crippen LogP contribution in [0.2, 0.25) is 0 Å². The molecular weight excluding hydrogens is 338 g/mol. The van der Waals surface area contributed by atoms with Crippen LogP contribution in [-0.4, -0.2) is 36.5 Å². The first kappa shape index (κ1) is 18.3. The molecule has 146 valence electrons. The Balaban J connectivity index is 1.16. The highest BCUT2D eigenvalue weighted by molar-refractivity contribution is 5.78. The van der Waals surface area contributed by atoms with Gasteiger partial charge in [0.05, 0.1) is 0 Å². The second-order valence-electron chi connectivity index (χ2n) is 8.65. The maximum Gasteiger partial charge on any atom is 0.315 e. The zero-order chi connectivity index (χ0) is 18.8. The smallest absolute Gasteiger partial charge is 0.315 e. The Labute approximate surface area is 161 Å². The van der Waals surface area contributed by atoms with Gasteiger partial charge < -0.3 is 15.5 Å². The van der Waals surface area contributed by atoms with Gasteiger partial charge in [0.25, 0.3) is 0 Å². The lowest BCUT2D eigenvalue weighted by atomic mass is 9.79. The average Bonchev–Trinajstić information content (AvgIpc) is 3.35. The van der Waals surface area contributed by atoms with Gasteiger partial charge in [-0.3, -0.25) is 4.79 Å². The monoisotopic (exact) mass is 369 g/mol. The van der Waals surface area contributed by atoms with E-state index in [1.54, 1.807) is 4.90 Å². The van der Waals surface area contributed by atoms with Gasteiger partial charge in [0.1, 0.15) is 0 Å². The van der Waals surface area contributed by atoms with Crippen LogP contribution in [0.4, 0.5) is 4.79 Å². The quantitative estimate of drug-likeness (QED) is 0.809. The summed E-state index contributed by atoms with van der Waals surface area (Å²) in [6.45, 7) is 0.982. The van der Waals surface area contributed by atoms with Gasteiger partial charge in [0.15, 0.2) is 0 Å². The van der Waals surface area contributed by atoms with E-state index in [0.717, 1.165) is 29.7 Å². The number of carbonyl (C=O) groups is 2. The predicted molar refractivity (Wildman–Crippen MR) is 105 cm³/mol. The molecule has 2 bridgehead atoms. The van der Waals surface area contributed by atoms with E-state index in [1.165, 1.54) is 25.7 Å². The molecule has 3 fully saturated rings. The predicted octanol–water partition coefficient (Wildman–Crippen LogP) is 3.16.